The first-order valence-electron chi connectivity index (χ1n) is 9.38. The highest BCUT2D eigenvalue weighted by atomic mass is 16.5. The van der Waals surface area contributed by atoms with Crippen molar-refractivity contribution < 1.29 is 14.3 Å². The molecule has 0 fully saturated rings. The quantitative estimate of drug-likeness (QED) is 0.590. The van der Waals surface area contributed by atoms with Gasteiger partial charge in [-0.15, -0.1) is 0 Å². The van der Waals surface area contributed by atoms with E-state index in [9.17, 15) is 4.79 Å². The lowest BCUT2D eigenvalue weighted by Crippen LogP contribution is -2.13. The summed E-state index contributed by atoms with van der Waals surface area (Å²) in [5, 5.41) is 2.94. The molecule has 4 heteroatoms. The standard InChI is InChI=1S/C24H25NO3/c1-4-27-23-12-11-19(24(26)25-21-9-5-7-17(2)13-21)15-20(23)16-28-22-10-6-8-18(3)14-22/h5-15H,4,16H2,1-3H3,(H,25,26). The molecule has 0 heterocycles. The van der Waals surface area contributed by atoms with E-state index in [-0.39, 0.29) is 5.91 Å². The van der Waals surface area contributed by atoms with Crippen LogP contribution in [-0.2, 0) is 6.61 Å². The van der Waals surface area contributed by atoms with E-state index in [0.717, 1.165) is 33.9 Å². The van der Waals surface area contributed by atoms with Crippen molar-refractivity contribution in [1.29, 1.82) is 0 Å². The number of aryl methyl sites for hydroxylation is 2. The highest BCUT2D eigenvalue weighted by Crippen LogP contribution is 2.24. The molecule has 3 aromatic carbocycles. The third-order valence-corrected chi connectivity index (χ3v) is 4.28. The fourth-order valence-corrected chi connectivity index (χ4v) is 2.92. The average molecular weight is 375 g/mol. The topological polar surface area (TPSA) is 47.6 Å². The summed E-state index contributed by atoms with van der Waals surface area (Å²) in [6.45, 7) is 6.82. The summed E-state index contributed by atoms with van der Waals surface area (Å²) in [5.74, 6) is 1.35. The van der Waals surface area contributed by atoms with Crippen molar-refractivity contribution in [3.63, 3.8) is 0 Å². The summed E-state index contributed by atoms with van der Waals surface area (Å²) in [7, 11) is 0. The molecule has 1 N–H and O–H groups in total. The number of carbonyl (C=O) groups is 1. The Morgan fingerprint density at radius 3 is 2.36 bits per heavy atom. The second kappa shape index (κ2) is 9.09. The molecule has 4 nitrogen and oxygen atoms in total. The summed E-state index contributed by atoms with van der Waals surface area (Å²) in [6, 6.07) is 21.0. The van der Waals surface area contributed by atoms with Crippen molar-refractivity contribution in [1.82, 2.24) is 0 Å². The van der Waals surface area contributed by atoms with E-state index in [1.165, 1.54) is 0 Å². The number of anilines is 1. The van der Waals surface area contributed by atoms with Crippen LogP contribution in [0.4, 0.5) is 5.69 Å². The normalized spacial score (nSPS) is 10.4. The summed E-state index contributed by atoms with van der Waals surface area (Å²) < 4.78 is 11.6. The van der Waals surface area contributed by atoms with Crippen LogP contribution >= 0.6 is 0 Å². The van der Waals surface area contributed by atoms with Gasteiger partial charge in [0.2, 0.25) is 0 Å². The molecule has 0 saturated heterocycles. The van der Waals surface area contributed by atoms with Crippen LogP contribution in [0.15, 0.2) is 66.7 Å². The molecule has 0 aliphatic carbocycles. The van der Waals surface area contributed by atoms with Gasteiger partial charge < -0.3 is 14.8 Å². The number of amides is 1. The zero-order valence-corrected chi connectivity index (χ0v) is 16.5. The summed E-state index contributed by atoms with van der Waals surface area (Å²) in [5.41, 5.74) is 4.40. The first kappa shape index (κ1) is 19.5. The van der Waals surface area contributed by atoms with Crippen molar-refractivity contribution in [3.05, 3.63) is 89.0 Å². The molecule has 144 valence electrons. The van der Waals surface area contributed by atoms with Gasteiger partial charge in [-0.25, -0.2) is 0 Å². The second-order valence-corrected chi connectivity index (χ2v) is 6.68. The molecule has 3 aromatic rings. The predicted octanol–water partition coefficient (Wildman–Crippen LogP) is 5.53. The van der Waals surface area contributed by atoms with Crippen LogP contribution in [0, 0.1) is 13.8 Å². The van der Waals surface area contributed by atoms with E-state index in [1.807, 2.05) is 81.4 Å². The van der Waals surface area contributed by atoms with Crippen LogP contribution < -0.4 is 14.8 Å². The highest BCUT2D eigenvalue weighted by Gasteiger charge is 2.12. The third-order valence-electron chi connectivity index (χ3n) is 4.28. The maximum absolute atomic E-state index is 12.7. The first-order valence-corrected chi connectivity index (χ1v) is 9.38. The van der Waals surface area contributed by atoms with Gasteiger partial charge in [0.05, 0.1) is 6.61 Å². The Kier molecular flexibility index (Phi) is 6.33. The van der Waals surface area contributed by atoms with Gasteiger partial charge in [-0.3, -0.25) is 4.79 Å². The molecular formula is C24H25NO3. The van der Waals surface area contributed by atoms with Crippen molar-refractivity contribution in [2.45, 2.75) is 27.4 Å². The van der Waals surface area contributed by atoms with Gasteiger partial charge in [-0.05, 0) is 74.4 Å². The van der Waals surface area contributed by atoms with Crippen molar-refractivity contribution >= 4 is 11.6 Å². The van der Waals surface area contributed by atoms with E-state index >= 15 is 0 Å². The van der Waals surface area contributed by atoms with Gasteiger partial charge in [0.1, 0.15) is 18.1 Å². The third kappa shape index (κ3) is 5.13. The monoisotopic (exact) mass is 375 g/mol. The predicted molar refractivity (Wildman–Crippen MR) is 112 cm³/mol. The van der Waals surface area contributed by atoms with E-state index in [0.29, 0.717) is 18.8 Å². The van der Waals surface area contributed by atoms with Gasteiger partial charge in [-0.1, -0.05) is 24.3 Å². The van der Waals surface area contributed by atoms with Crippen molar-refractivity contribution in [2.75, 3.05) is 11.9 Å². The van der Waals surface area contributed by atoms with Crippen LogP contribution in [0.25, 0.3) is 0 Å². The Balaban J connectivity index is 1.79. The number of hydrogen-bond acceptors (Lipinski definition) is 3. The molecule has 1 amide bonds. The van der Waals surface area contributed by atoms with Crippen molar-refractivity contribution in [3.8, 4) is 11.5 Å². The molecule has 0 bridgehead atoms. The van der Waals surface area contributed by atoms with Crippen LogP contribution in [-0.4, -0.2) is 12.5 Å². The zero-order chi connectivity index (χ0) is 19.9. The van der Waals surface area contributed by atoms with Gasteiger partial charge in [0.15, 0.2) is 0 Å². The minimum atomic E-state index is -0.162. The molecule has 0 atom stereocenters. The van der Waals surface area contributed by atoms with E-state index in [4.69, 9.17) is 9.47 Å². The molecule has 0 radical (unpaired) electrons. The van der Waals surface area contributed by atoms with Gasteiger partial charge in [0, 0.05) is 16.8 Å². The van der Waals surface area contributed by atoms with Crippen LogP contribution in [0.2, 0.25) is 0 Å². The Morgan fingerprint density at radius 1 is 0.893 bits per heavy atom. The summed E-state index contributed by atoms with van der Waals surface area (Å²) in [6.07, 6.45) is 0. The van der Waals surface area contributed by atoms with E-state index < -0.39 is 0 Å². The fourth-order valence-electron chi connectivity index (χ4n) is 2.92. The smallest absolute Gasteiger partial charge is 0.255 e. The van der Waals surface area contributed by atoms with E-state index in [2.05, 4.69) is 5.32 Å². The molecular weight excluding hydrogens is 350 g/mol. The maximum Gasteiger partial charge on any atom is 0.255 e. The largest absolute Gasteiger partial charge is 0.493 e. The molecule has 28 heavy (non-hydrogen) atoms. The number of rotatable bonds is 7. The number of carbonyl (C=O) groups excluding carboxylic acids is 1. The number of ether oxygens (including phenoxy) is 2. The van der Waals surface area contributed by atoms with Gasteiger partial charge in [-0.2, -0.15) is 0 Å². The van der Waals surface area contributed by atoms with Gasteiger partial charge in [0.25, 0.3) is 5.91 Å². The first-order chi connectivity index (χ1) is 13.5. The Labute approximate surface area is 166 Å². The van der Waals surface area contributed by atoms with Crippen LogP contribution in [0.3, 0.4) is 0 Å². The zero-order valence-electron chi connectivity index (χ0n) is 16.5. The van der Waals surface area contributed by atoms with Crippen molar-refractivity contribution in [2.24, 2.45) is 0 Å². The maximum atomic E-state index is 12.7. The lowest BCUT2D eigenvalue weighted by atomic mass is 10.1. The Morgan fingerprint density at radius 2 is 1.64 bits per heavy atom. The van der Waals surface area contributed by atoms with Crippen LogP contribution in [0.5, 0.6) is 11.5 Å². The van der Waals surface area contributed by atoms with Crippen LogP contribution in [0.1, 0.15) is 34.0 Å². The molecule has 3 rings (SSSR count). The van der Waals surface area contributed by atoms with Gasteiger partial charge >= 0.3 is 0 Å². The van der Waals surface area contributed by atoms with E-state index in [1.54, 1.807) is 6.07 Å². The lowest BCUT2D eigenvalue weighted by Gasteiger charge is -2.14. The summed E-state index contributed by atoms with van der Waals surface area (Å²) >= 11 is 0. The summed E-state index contributed by atoms with van der Waals surface area (Å²) in [4.78, 5) is 12.7. The number of hydrogen-bond donors (Lipinski definition) is 1. The fraction of sp³-hybridized carbons (Fsp3) is 0.208. The Hall–Kier alpha value is -3.27. The lowest BCUT2D eigenvalue weighted by molar-refractivity contribution is 0.102. The molecule has 0 aliphatic heterocycles. The second-order valence-electron chi connectivity index (χ2n) is 6.68. The Bertz CT molecular complexity index is 966. The number of benzene rings is 3. The molecule has 0 aliphatic rings. The highest BCUT2D eigenvalue weighted by molar-refractivity contribution is 6.04. The molecule has 0 aromatic heterocycles. The SMILES string of the molecule is CCOc1ccc(C(=O)Nc2cccc(C)c2)cc1COc1cccc(C)c1. The number of nitrogens with one attached hydrogen (secondary N) is 1. The minimum Gasteiger partial charge on any atom is -0.493 e. The average Bonchev–Trinajstić information content (AvgIpc) is 2.67. The minimum absolute atomic E-state index is 0.162. The molecule has 0 spiro atoms. The molecule has 0 saturated carbocycles. The molecule has 0 unspecified atom stereocenters.